The first kappa shape index (κ1) is 22.6. The number of thioether (sulfide) groups is 1. The Hall–Kier alpha value is -0.380. The normalized spacial score (nSPS) is 16.9. The zero-order valence-electron chi connectivity index (χ0n) is 15.1. The van der Waals surface area contributed by atoms with E-state index in [1.165, 1.54) is 0 Å². The molecule has 0 aliphatic carbocycles. The summed E-state index contributed by atoms with van der Waals surface area (Å²) in [7, 11) is 0. The van der Waals surface area contributed by atoms with Gasteiger partial charge < -0.3 is 20.3 Å². The summed E-state index contributed by atoms with van der Waals surface area (Å²) in [5.41, 5.74) is 5.61. The molecule has 1 rings (SSSR count). The summed E-state index contributed by atoms with van der Waals surface area (Å²) in [5, 5.41) is 0. The van der Waals surface area contributed by atoms with E-state index in [-0.39, 0.29) is 34.8 Å². The van der Waals surface area contributed by atoms with Gasteiger partial charge in [-0.05, 0) is 40.9 Å². The Morgan fingerprint density at radius 3 is 2.04 bits per heavy atom. The number of hydrogen-bond acceptors (Lipinski definition) is 4. The van der Waals surface area contributed by atoms with Gasteiger partial charge in [0.1, 0.15) is 5.60 Å². The third-order valence-electron chi connectivity index (χ3n) is 3.43. The van der Waals surface area contributed by atoms with E-state index in [1.54, 1.807) is 16.7 Å². The van der Waals surface area contributed by atoms with Gasteiger partial charge in [0.15, 0.2) is 5.96 Å². The second-order valence-electron chi connectivity index (χ2n) is 7.09. The molecule has 0 unspecified atom stereocenters. The summed E-state index contributed by atoms with van der Waals surface area (Å²) in [6.07, 6.45) is 1.82. The second kappa shape index (κ2) is 9.19. The van der Waals surface area contributed by atoms with Crippen molar-refractivity contribution in [1.82, 2.24) is 9.80 Å². The van der Waals surface area contributed by atoms with Crippen LogP contribution in [0.15, 0.2) is 4.99 Å². The molecule has 1 aliphatic heterocycles. The van der Waals surface area contributed by atoms with Gasteiger partial charge >= 0.3 is 6.09 Å². The highest BCUT2D eigenvalue weighted by Gasteiger charge is 2.26. The van der Waals surface area contributed by atoms with Crippen molar-refractivity contribution >= 4 is 47.8 Å². The molecule has 0 saturated carbocycles. The number of nitrogens with zero attached hydrogens (tertiary/aromatic N) is 3. The quantitative estimate of drug-likeness (QED) is 0.400. The average Bonchev–Trinajstić information content (AvgIpc) is 2.43. The lowest BCUT2D eigenvalue weighted by molar-refractivity contribution is 0.0186. The Balaban J connectivity index is 0.00000484. The summed E-state index contributed by atoms with van der Waals surface area (Å²) in [5.74, 6) is 0.561. The van der Waals surface area contributed by atoms with Gasteiger partial charge in [-0.25, -0.2) is 4.79 Å². The Labute approximate surface area is 161 Å². The Bertz CT molecular complexity index is 416. The molecule has 1 saturated heterocycles. The van der Waals surface area contributed by atoms with Gasteiger partial charge in [-0.2, -0.15) is 11.8 Å². The van der Waals surface area contributed by atoms with Gasteiger partial charge in [-0.3, -0.25) is 4.99 Å². The number of rotatable bonds is 3. The number of piperazine rings is 1. The monoisotopic (exact) mass is 458 g/mol. The van der Waals surface area contributed by atoms with Crippen LogP contribution in [-0.2, 0) is 4.74 Å². The van der Waals surface area contributed by atoms with E-state index in [0.29, 0.717) is 38.7 Å². The van der Waals surface area contributed by atoms with E-state index >= 15 is 0 Å². The molecule has 6 nitrogen and oxygen atoms in total. The summed E-state index contributed by atoms with van der Waals surface area (Å²) >= 11 is 1.77. The zero-order chi connectivity index (χ0) is 17.0. The molecule has 0 aromatic carbocycles. The standard InChI is InChI=1S/C15H30N4O2S.HI/c1-14(2,3)21-13(20)19-9-7-18(8-10-19)12(16)17-11-15(4,5)22-6;/h7-11H2,1-6H3,(H2,16,17);1H. The summed E-state index contributed by atoms with van der Waals surface area (Å²) in [6.45, 7) is 13.2. The molecule has 136 valence electrons. The number of amides is 1. The van der Waals surface area contributed by atoms with Crippen molar-refractivity contribution in [2.24, 2.45) is 10.7 Å². The third-order valence-corrected chi connectivity index (χ3v) is 4.66. The number of carbonyl (C=O) groups excluding carboxylic acids is 1. The molecule has 1 amide bonds. The second-order valence-corrected chi connectivity index (χ2v) is 8.61. The first-order valence-corrected chi connectivity index (χ1v) is 8.84. The van der Waals surface area contributed by atoms with Gasteiger partial charge in [0, 0.05) is 30.9 Å². The zero-order valence-corrected chi connectivity index (χ0v) is 18.2. The van der Waals surface area contributed by atoms with E-state index < -0.39 is 5.60 Å². The van der Waals surface area contributed by atoms with E-state index in [2.05, 4.69) is 25.1 Å². The van der Waals surface area contributed by atoms with E-state index in [0.717, 1.165) is 0 Å². The molecule has 0 aromatic heterocycles. The summed E-state index contributed by atoms with van der Waals surface area (Å²) < 4.78 is 5.47. The summed E-state index contributed by atoms with van der Waals surface area (Å²) in [4.78, 5) is 20.2. The van der Waals surface area contributed by atoms with Crippen molar-refractivity contribution in [3.63, 3.8) is 0 Å². The topological polar surface area (TPSA) is 71.2 Å². The van der Waals surface area contributed by atoms with Crippen LogP contribution in [0.5, 0.6) is 0 Å². The highest BCUT2D eigenvalue weighted by atomic mass is 127. The summed E-state index contributed by atoms with van der Waals surface area (Å²) in [6, 6.07) is 0. The number of guanidine groups is 1. The number of ether oxygens (including phenoxy) is 1. The minimum Gasteiger partial charge on any atom is -0.444 e. The van der Waals surface area contributed by atoms with Crippen LogP contribution in [0.2, 0.25) is 0 Å². The number of carbonyl (C=O) groups is 1. The lowest BCUT2D eigenvalue weighted by atomic mass is 10.2. The van der Waals surface area contributed by atoms with Crippen LogP contribution in [0.3, 0.4) is 0 Å². The molecule has 2 N–H and O–H groups in total. The number of aliphatic imine (C=N–C) groups is 1. The molecule has 0 radical (unpaired) electrons. The smallest absolute Gasteiger partial charge is 0.410 e. The Kier molecular flexibility index (Phi) is 9.04. The number of nitrogens with two attached hydrogens (primary N) is 1. The van der Waals surface area contributed by atoms with Gasteiger partial charge in [-0.1, -0.05) is 0 Å². The third kappa shape index (κ3) is 8.32. The van der Waals surface area contributed by atoms with Crippen molar-refractivity contribution < 1.29 is 9.53 Å². The maximum absolute atomic E-state index is 12.0. The fourth-order valence-corrected chi connectivity index (χ4v) is 2.07. The van der Waals surface area contributed by atoms with Crippen LogP contribution in [0, 0.1) is 0 Å². The Morgan fingerprint density at radius 2 is 1.61 bits per heavy atom. The highest BCUT2D eigenvalue weighted by molar-refractivity contribution is 14.0. The molecule has 1 aliphatic rings. The average molecular weight is 458 g/mol. The Morgan fingerprint density at radius 1 is 1.13 bits per heavy atom. The van der Waals surface area contributed by atoms with E-state index in [4.69, 9.17) is 10.5 Å². The molecule has 23 heavy (non-hydrogen) atoms. The molecule has 0 atom stereocenters. The SMILES string of the molecule is CSC(C)(C)CN=C(N)N1CCN(C(=O)OC(C)(C)C)CC1.I. The lowest BCUT2D eigenvalue weighted by Gasteiger charge is -2.36. The molecule has 0 spiro atoms. The largest absolute Gasteiger partial charge is 0.444 e. The van der Waals surface area contributed by atoms with E-state index in [1.807, 2.05) is 25.7 Å². The van der Waals surface area contributed by atoms with Gasteiger partial charge in [-0.15, -0.1) is 24.0 Å². The van der Waals surface area contributed by atoms with Gasteiger partial charge in [0.2, 0.25) is 0 Å². The molecule has 1 fully saturated rings. The van der Waals surface area contributed by atoms with Crippen molar-refractivity contribution in [3.8, 4) is 0 Å². The first-order chi connectivity index (χ1) is 10.0. The maximum Gasteiger partial charge on any atom is 0.410 e. The molecule has 8 heteroatoms. The van der Waals surface area contributed by atoms with E-state index in [9.17, 15) is 4.79 Å². The molecule has 0 aromatic rings. The fraction of sp³-hybridized carbons (Fsp3) is 0.867. The van der Waals surface area contributed by atoms with Crippen LogP contribution in [0.25, 0.3) is 0 Å². The number of halogens is 1. The molecule has 1 heterocycles. The lowest BCUT2D eigenvalue weighted by Crippen LogP contribution is -2.53. The molecular weight excluding hydrogens is 427 g/mol. The predicted molar refractivity (Wildman–Crippen MR) is 109 cm³/mol. The minimum atomic E-state index is -0.460. The minimum absolute atomic E-state index is 0. The van der Waals surface area contributed by atoms with Crippen molar-refractivity contribution in [3.05, 3.63) is 0 Å². The van der Waals surface area contributed by atoms with Crippen molar-refractivity contribution in [2.75, 3.05) is 39.0 Å². The van der Waals surface area contributed by atoms with Gasteiger partial charge in [0.25, 0.3) is 0 Å². The van der Waals surface area contributed by atoms with Gasteiger partial charge in [0.05, 0.1) is 6.54 Å². The van der Waals surface area contributed by atoms with Crippen LogP contribution in [-0.4, -0.2) is 71.2 Å². The first-order valence-electron chi connectivity index (χ1n) is 7.62. The van der Waals surface area contributed by atoms with Crippen LogP contribution in [0.1, 0.15) is 34.6 Å². The van der Waals surface area contributed by atoms with Crippen molar-refractivity contribution in [2.45, 2.75) is 45.0 Å². The predicted octanol–water partition coefficient (Wildman–Crippen LogP) is 2.61. The highest BCUT2D eigenvalue weighted by Crippen LogP contribution is 2.21. The number of hydrogen-bond donors (Lipinski definition) is 1. The van der Waals surface area contributed by atoms with Crippen LogP contribution < -0.4 is 5.73 Å². The fourth-order valence-electron chi connectivity index (χ4n) is 1.88. The maximum atomic E-state index is 12.0. The van der Waals surface area contributed by atoms with Crippen LogP contribution in [0.4, 0.5) is 4.79 Å². The molecule has 0 bridgehead atoms. The molecular formula is C15H31IN4O2S. The van der Waals surface area contributed by atoms with Crippen LogP contribution >= 0.6 is 35.7 Å². The van der Waals surface area contributed by atoms with Crippen molar-refractivity contribution in [1.29, 1.82) is 0 Å².